The highest BCUT2D eigenvalue weighted by Crippen LogP contribution is 2.23. The fraction of sp³-hybridized carbons (Fsp3) is 0.375. The lowest BCUT2D eigenvalue weighted by Crippen LogP contribution is -2.44. The van der Waals surface area contributed by atoms with Crippen LogP contribution in [0.3, 0.4) is 0 Å². The van der Waals surface area contributed by atoms with E-state index in [4.69, 9.17) is 11.6 Å². The zero-order chi connectivity index (χ0) is 16.2. The van der Waals surface area contributed by atoms with Gasteiger partial charge in [0.2, 0.25) is 5.95 Å². The predicted octanol–water partition coefficient (Wildman–Crippen LogP) is 2.67. The summed E-state index contributed by atoms with van der Waals surface area (Å²) < 4.78 is 0. The highest BCUT2D eigenvalue weighted by atomic mass is 35.5. The van der Waals surface area contributed by atoms with E-state index in [1.807, 2.05) is 12.1 Å². The molecule has 1 aromatic heterocycles. The van der Waals surface area contributed by atoms with Crippen LogP contribution in [0.2, 0.25) is 5.02 Å². The van der Waals surface area contributed by atoms with Crippen molar-refractivity contribution in [3.8, 4) is 0 Å². The molecule has 1 aromatic carbocycles. The monoisotopic (exact) mass is 332 g/mol. The number of hydrogen-bond donors (Lipinski definition) is 2. The van der Waals surface area contributed by atoms with Crippen molar-refractivity contribution < 1.29 is 0 Å². The molecule has 0 amide bonds. The topological polar surface area (TPSA) is 56.3 Å². The zero-order valence-electron chi connectivity index (χ0n) is 13.4. The van der Waals surface area contributed by atoms with Crippen LogP contribution in [0.5, 0.6) is 0 Å². The molecule has 6 nitrogen and oxygen atoms in total. The zero-order valence-corrected chi connectivity index (χ0v) is 14.1. The molecule has 2 heterocycles. The maximum absolute atomic E-state index is 5.99. The van der Waals surface area contributed by atoms with E-state index in [1.165, 1.54) is 5.69 Å². The number of aromatic nitrogens is 2. The maximum atomic E-state index is 5.99. The van der Waals surface area contributed by atoms with Gasteiger partial charge in [0, 0.05) is 44.6 Å². The van der Waals surface area contributed by atoms with E-state index in [0.717, 1.165) is 31.9 Å². The summed E-state index contributed by atoms with van der Waals surface area (Å²) in [6.07, 6.45) is 1.58. The molecular weight excluding hydrogens is 312 g/mol. The Morgan fingerprint density at radius 2 is 1.78 bits per heavy atom. The summed E-state index contributed by atoms with van der Waals surface area (Å²) in [6.45, 7) is 4.33. The molecule has 1 fully saturated rings. The molecule has 0 spiro atoms. The van der Waals surface area contributed by atoms with Crippen molar-refractivity contribution in [3.63, 3.8) is 0 Å². The summed E-state index contributed by atoms with van der Waals surface area (Å²) in [5, 5.41) is 6.64. The summed E-state index contributed by atoms with van der Waals surface area (Å²) in [6, 6.07) is 8.35. The van der Waals surface area contributed by atoms with E-state index >= 15 is 0 Å². The first-order valence-electron chi connectivity index (χ1n) is 7.66. The van der Waals surface area contributed by atoms with Gasteiger partial charge in [0.1, 0.15) is 10.8 Å². The second-order valence-corrected chi connectivity index (χ2v) is 6.01. The minimum Gasteiger partial charge on any atom is -0.372 e. The molecule has 0 aliphatic carbocycles. The summed E-state index contributed by atoms with van der Waals surface area (Å²) in [5.74, 6) is 1.13. The lowest BCUT2D eigenvalue weighted by molar-refractivity contribution is 0.313. The molecule has 3 rings (SSSR count). The van der Waals surface area contributed by atoms with Gasteiger partial charge in [0.15, 0.2) is 0 Å². The van der Waals surface area contributed by atoms with Crippen molar-refractivity contribution in [3.05, 3.63) is 35.5 Å². The third-order valence-corrected chi connectivity index (χ3v) is 4.25. The number of piperazine rings is 1. The van der Waals surface area contributed by atoms with Crippen molar-refractivity contribution in [2.24, 2.45) is 0 Å². The molecule has 0 bridgehead atoms. The number of benzene rings is 1. The van der Waals surface area contributed by atoms with Gasteiger partial charge in [-0.25, -0.2) is 4.98 Å². The fourth-order valence-corrected chi connectivity index (χ4v) is 2.74. The quantitative estimate of drug-likeness (QED) is 0.897. The molecular formula is C16H21ClN6. The van der Waals surface area contributed by atoms with Crippen molar-refractivity contribution in [2.45, 2.75) is 0 Å². The molecule has 2 aromatic rings. The number of nitrogens with zero attached hydrogens (tertiary/aromatic N) is 4. The second-order valence-electron chi connectivity index (χ2n) is 5.60. The third-order valence-electron chi connectivity index (χ3n) is 3.97. The molecule has 1 aliphatic heterocycles. The Balaban J connectivity index is 1.68. The van der Waals surface area contributed by atoms with Gasteiger partial charge >= 0.3 is 0 Å². The van der Waals surface area contributed by atoms with Crippen LogP contribution < -0.4 is 15.5 Å². The molecule has 7 heteroatoms. The average molecular weight is 333 g/mol. The van der Waals surface area contributed by atoms with E-state index < -0.39 is 0 Å². The van der Waals surface area contributed by atoms with E-state index in [1.54, 1.807) is 13.2 Å². The average Bonchev–Trinajstić information content (AvgIpc) is 2.58. The molecule has 0 atom stereocenters. The molecule has 0 saturated carbocycles. The molecule has 0 unspecified atom stereocenters. The minimum absolute atomic E-state index is 0.503. The van der Waals surface area contributed by atoms with E-state index in [-0.39, 0.29) is 0 Å². The SMILES string of the molecule is CNc1nc(Nc2ccc(N3CCN(C)CC3)cc2)ncc1Cl. The Kier molecular flexibility index (Phi) is 4.83. The number of anilines is 4. The summed E-state index contributed by atoms with van der Waals surface area (Å²) >= 11 is 5.99. The van der Waals surface area contributed by atoms with Crippen LogP contribution in [0, 0.1) is 0 Å². The first-order chi connectivity index (χ1) is 11.2. The van der Waals surface area contributed by atoms with Crippen LogP contribution in [0.25, 0.3) is 0 Å². The van der Waals surface area contributed by atoms with Crippen LogP contribution in [0.15, 0.2) is 30.5 Å². The van der Waals surface area contributed by atoms with Gasteiger partial charge in [-0.3, -0.25) is 0 Å². The lowest BCUT2D eigenvalue weighted by Gasteiger charge is -2.34. The van der Waals surface area contributed by atoms with Crippen LogP contribution in [0.1, 0.15) is 0 Å². The van der Waals surface area contributed by atoms with E-state index in [0.29, 0.717) is 16.8 Å². The molecule has 0 radical (unpaired) electrons. The van der Waals surface area contributed by atoms with Crippen LogP contribution in [-0.4, -0.2) is 55.1 Å². The largest absolute Gasteiger partial charge is 0.372 e. The smallest absolute Gasteiger partial charge is 0.229 e. The van der Waals surface area contributed by atoms with Gasteiger partial charge in [-0.15, -0.1) is 0 Å². The highest BCUT2D eigenvalue weighted by Gasteiger charge is 2.14. The number of nitrogens with one attached hydrogen (secondary N) is 2. The van der Waals surface area contributed by atoms with Crippen molar-refractivity contribution in [1.29, 1.82) is 0 Å². The first kappa shape index (κ1) is 15.8. The fourth-order valence-electron chi connectivity index (χ4n) is 2.55. The van der Waals surface area contributed by atoms with E-state index in [9.17, 15) is 0 Å². The standard InChI is InChI=1S/C16H21ClN6/c1-18-15-14(17)11-19-16(21-15)20-12-3-5-13(6-4-12)23-9-7-22(2)8-10-23/h3-6,11H,7-10H2,1-2H3,(H2,18,19,20,21). The second kappa shape index (κ2) is 7.02. The predicted molar refractivity (Wildman–Crippen MR) is 96.0 cm³/mol. The van der Waals surface area contributed by atoms with Gasteiger partial charge < -0.3 is 20.4 Å². The van der Waals surface area contributed by atoms with Gasteiger partial charge in [0.05, 0.1) is 6.20 Å². The van der Waals surface area contributed by atoms with Gasteiger partial charge in [-0.1, -0.05) is 11.6 Å². The third kappa shape index (κ3) is 3.83. The Labute approximate surface area is 141 Å². The Bertz CT molecular complexity index is 652. The molecule has 23 heavy (non-hydrogen) atoms. The first-order valence-corrected chi connectivity index (χ1v) is 8.04. The Morgan fingerprint density at radius 3 is 2.43 bits per heavy atom. The molecule has 2 N–H and O–H groups in total. The molecule has 1 aliphatic rings. The number of halogens is 1. The highest BCUT2D eigenvalue weighted by molar-refractivity contribution is 6.32. The lowest BCUT2D eigenvalue weighted by atomic mass is 10.2. The summed E-state index contributed by atoms with van der Waals surface area (Å²) in [5.41, 5.74) is 2.20. The van der Waals surface area contributed by atoms with E-state index in [2.05, 4.69) is 49.6 Å². The number of hydrogen-bond acceptors (Lipinski definition) is 6. The van der Waals surface area contributed by atoms with Crippen molar-refractivity contribution in [1.82, 2.24) is 14.9 Å². The molecule has 1 saturated heterocycles. The van der Waals surface area contributed by atoms with Crippen molar-refractivity contribution in [2.75, 3.05) is 55.8 Å². The van der Waals surface area contributed by atoms with Crippen molar-refractivity contribution >= 4 is 34.7 Å². The Hall–Kier alpha value is -2.05. The van der Waals surface area contributed by atoms with Gasteiger partial charge in [-0.05, 0) is 31.3 Å². The van der Waals surface area contributed by atoms with Crippen LogP contribution >= 0.6 is 11.6 Å². The number of rotatable bonds is 4. The Morgan fingerprint density at radius 1 is 1.09 bits per heavy atom. The normalized spacial score (nSPS) is 15.5. The van der Waals surface area contributed by atoms with Crippen LogP contribution in [0.4, 0.5) is 23.1 Å². The summed E-state index contributed by atoms with van der Waals surface area (Å²) in [4.78, 5) is 13.3. The molecule has 122 valence electrons. The van der Waals surface area contributed by atoms with Gasteiger partial charge in [0.25, 0.3) is 0 Å². The minimum atomic E-state index is 0.503. The maximum Gasteiger partial charge on any atom is 0.229 e. The van der Waals surface area contributed by atoms with Gasteiger partial charge in [-0.2, -0.15) is 4.98 Å². The summed E-state index contributed by atoms with van der Waals surface area (Å²) in [7, 11) is 3.94. The van der Waals surface area contributed by atoms with Crippen LogP contribution in [-0.2, 0) is 0 Å². The number of likely N-dealkylation sites (N-methyl/N-ethyl adjacent to an activating group) is 1.